The van der Waals surface area contributed by atoms with Crippen molar-refractivity contribution in [3.8, 4) is 5.69 Å². The van der Waals surface area contributed by atoms with Gasteiger partial charge in [-0.3, -0.25) is 14.2 Å². The second-order valence-corrected chi connectivity index (χ2v) is 7.46. The van der Waals surface area contributed by atoms with Crippen LogP contribution in [0.15, 0.2) is 80.9 Å². The zero-order valence-electron chi connectivity index (χ0n) is 17.7. The van der Waals surface area contributed by atoms with E-state index in [1.165, 1.54) is 6.26 Å². The molecule has 0 aliphatic carbocycles. The Balaban J connectivity index is 1.81. The molecular formula is C24H22N4O4. The van der Waals surface area contributed by atoms with Crippen LogP contribution in [0.2, 0.25) is 0 Å². The fraction of sp³-hybridized carbons (Fsp3) is 0.167. The average molecular weight is 430 g/mol. The van der Waals surface area contributed by atoms with E-state index < -0.39 is 17.2 Å². The first-order chi connectivity index (χ1) is 15.4. The summed E-state index contributed by atoms with van der Waals surface area (Å²) in [7, 11) is 0. The van der Waals surface area contributed by atoms with Crippen LogP contribution in [-0.4, -0.2) is 20.3 Å². The number of nitrogens with zero attached hydrogens (tertiary/aromatic N) is 3. The number of amides is 1. The first-order valence-electron chi connectivity index (χ1n) is 10.1. The second kappa shape index (κ2) is 8.89. The highest BCUT2D eigenvalue weighted by Crippen LogP contribution is 2.09. The number of aromatic nitrogens is 3. The van der Waals surface area contributed by atoms with Crippen molar-refractivity contribution in [3.05, 3.63) is 116 Å². The summed E-state index contributed by atoms with van der Waals surface area (Å²) >= 11 is 0. The lowest BCUT2D eigenvalue weighted by Crippen LogP contribution is -2.46. The van der Waals surface area contributed by atoms with Crippen LogP contribution >= 0.6 is 0 Å². The van der Waals surface area contributed by atoms with E-state index in [0.717, 1.165) is 25.9 Å². The van der Waals surface area contributed by atoms with Gasteiger partial charge in [-0.15, -0.1) is 0 Å². The van der Waals surface area contributed by atoms with Gasteiger partial charge in [0.25, 0.3) is 11.5 Å². The summed E-state index contributed by atoms with van der Waals surface area (Å²) in [5.41, 5.74) is 1.45. The molecule has 2 heterocycles. The number of rotatable bonds is 6. The van der Waals surface area contributed by atoms with Crippen LogP contribution in [-0.2, 0) is 13.1 Å². The summed E-state index contributed by atoms with van der Waals surface area (Å²) in [4.78, 5) is 39.2. The third kappa shape index (κ3) is 4.29. The van der Waals surface area contributed by atoms with Gasteiger partial charge in [0.2, 0.25) is 5.69 Å². The number of aryl methyl sites for hydroxylation is 2. The van der Waals surface area contributed by atoms with Gasteiger partial charge in [-0.2, -0.15) is 9.78 Å². The molecule has 162 valence electrons. The van der Waals surface area contributed by atoms with E-state index in [0.29, 0.717) is 11.4 Å². The van der Waals surface area contributed by atoms with Crippen LogP contribution in [0.1, 0.15) is 32.9 Å². The van der Waals surface area contributed by atoms with Crippen LogP contribution in [0.4, 0.5) is 0 Å². The van der Waals surface area contributed by atoms with Gasteiger partial charge in [0, 0.05) is 0 Å². The molecule has 1 amide bonds. The van der Waals surface area contributed by atoms with Crippen molar-refractivity contribution in [1.82, 2.24) is 19.7 Å². The van der Waals surface area contributed by atoms with Crippen molar-refractivity contribution in [3.63, 3.8) is 0 Å². The Morgan fingerprint density at radius 2 is 1.75 bits per heavy atom. The van der Waals surface area contributed by atoms with Crippen molar-refractivity contribution in [2.24, 2.45) is 0 Å². The molecule has 8 nitrogen and oxygen atoms in total. The highest BCUT2D eigenvalue weighted by molar-refractivity contribution is 5.91. The Hall–Kier alpha value is -4.20. The summed E-state index contributed by atoms with van der Waals surface area (Å²) in [5.74, 6) is -0.156. The molecule has 2 aromatic heterocycles. The third-order valence-electron chi connectivity index (χ3n) is 5.15. The molecule has 0 unspecified atom stereocenters. The van der Waals surface area contributed by atoms with Gasteiger partial charge >= 0.3 is 5.69 Å². The summed E-state index contributed by atoms with van der Waals surface area (Å²) in [6.45, 7) is 3.94. The van der Waals surface area contributed by atoms with Crippen LogP contribution in [0.25, 0.3) is 5.69 Å². The molecule has 0 atom stereocenters. The smallest absolute Gasteiger partial charge is 0.352 e. The van der Waals surface area contributed by atoms with E-state index in [1.54, 1.807) is 24.3 Å². The van der Waals surface area contributed by atoms with Crippen molar-refractivity contribution in [2.45, 2.75) is 26.9 Å². The largest absolute Gasteiger partial charge is 0.467 e. The lowest BCUT2D eigenvalue weighted by atomic mass is 10.1. The number of hydrogen-bond acceptors (Lipinski definition) is 5. The van der Waals surface area contributed by atoms with E-state index >= 15 is 0 Å². The predicted molar refractivity (Wildman–Crippen MR) is 119 cm³/mol. The Labute approximate surface area is 183 Å². The molecule has 8 heteroatoms. The molecule has 0 spiro atoms. The maximum atomic E-state index is 13.2. The van der Waals surface area contributed by atoms with E-state index in [4.69, 9.17) is 4.42 Å². The molecule has 4 aromatic rings. The van der Waals surface area contributed by atoms with Gasteiger partial charge in [-0.05, 0) is 49.2 Å². The number of hydrogen-bond donors (Lipinski definition) is 1. The SMILES string of the molecule is Cc1ccc(-n2nc(C(=O)NCc3ccco3)c(=O)n(Cc3ccccc3C)c2=O)cc1. The van der Waals surface area contributed by atoms with Gasteiger partial charge in [-0.25, -0.2) is 4.79 Å². The lowest BCUT2D eigenvalue weighted by Gasteiger charge is -2.13. The highest BCUT2D eigenvalue weighted by atomic mass is 16.3. The quantitative estimate of drug-likeness (QED) is 0.507. The van der Waals surface area contributed by atoms with Gasteiger partial charge in [0.05, 0.1) is 25.0 Å². The van der Waals surface area contributed by atoms with Gasteiger partial charge in [0.15, 0.2) is 0 Å². The van der Waals surface area contributed by atoms with Crippen molar-refractivity contribution >= 4 is 5.91 Å². The average Bonchev–Trinajstić information content (AvgIpc) is 3.31. The summed E-state index contributed by atoms with van der Waals surface area (Å²) < 4.78 is 7.34. The number of carbonyl (C=O) groups excluding carboxylic acids is 1. The predicted octanol–water partition coefficient (Wildman–Crippen LogP) is 2.58. The number of nitrogens with one attached hydrogen (secondary N) is 1. The molecule has 1 N–H and O–H groups in total. The molecule has 32 heavy (non-hydrogen) atoms. The molecule has 0 saturated heterocycles. The molecular weight excluding hydrogens is 408 g/mol. The third-order valence-corrected chi connectivity index (χ3v) is 5.15. The van der Waals surface area contributed by atoms with Crippen LogP contribution in [0.3, 0.4) is 0 Å². The van der Waals surface area contributed by atoms with Gasteiger partial charge in [-0.1, -0.05) is 42.0 Å². The highest BCUT2D eigenvalue weighted by Gasteiger charge is 2.21. The first-order valence-corrected chi connectivity index (χ1v) is 10.1. The number of benzene rings is 2. The Morgan fingerprint density at radius 3 is 2.44 bits per heavy atom. The van der Waals surface area contributed by atoms with Crippen LogP contribution in [0.5, 0.6) is 0 Å². The van der Waals surface area contributed by atoms with E-state index in [9.17, 15) is 14.4 Å². The summed E-state index contributed by atoms with van der Waals surface area (Å²) in [5, 5.41) is 6.75. The molecule has 0 saturated carbocycles. The number of furan rings is 1. The van der Waals surface area contributed by atoms with E-state index in [-0.39, 0.29) is 18.8 Å². The molecule has 0 radical (unpaired) electrons. The molecule has 2 aromatic carbocycles. The molecule has 0 fully saturated rings. The monoisotopic (exact) mass is 430 g/mol. The Morgan fingerprint density at radius 1 is 1.00 bits per heavy atom. The topological polar surface area (TPSA) is 99.1 Å². The maximum Gasteiger partial charge on any atom is 0.352 e. The fourth-order valence-electron chi connectivity index (χ4n) is 3.27. The zero-order valence-corrected chi connectivity index (χ0v) is 17.7. The summed E-state index contributed by atoms with van der Waals surface area (Å²) in [6, 6.07) is 18.0. The van der Waals surface area contributed by atoms with E-state index in [1.807, 2.05) is 50.2 Å². The number of carbonyl (C=O) groups is 1. The first kappa shape index (κ1) is 21.0. The minimum atomic E-state index is -0.751. The standard InChI is InChI=1S/C24H22N4O4/c1-16-9-11-19(12-10-16)28-24(31)27(15-18-7-4-3-6-17(18)2)23(30)21(26-28)22(29)25-14-20-8-5-13-32-20/h3-13H,14-15H2,1-2H3,(H,25,29). The molecule has 0 aliphatic heterocycles. The van der Waals surface area contributed by atoms with Gasteiger partial charge < -0.3 is 9.73 Å². The lowest BCUT2D eigenvalue weighted by molar-refractivity contribution is 0.0938. The van der Waals surface area contributed by atoms with Crippen LogP contribution in [0, 0.1) is 13.8 Å². The second-order valence-electron chi connectivity index (χ2n) is 7.46. The van der Waals surface area contributed by atoms with E-state index in [2.05, 4.69) is 10.4 Å². The molecule has 4 rings (SSSR count). The maximum absolute atomic E-state index is 13.2. The van der Waals surface area contributed by atoms with Gasteiger partial charge in [0.1, 0.15) is 5.76 Å². The zero-order chi connectivity index (χ0) is 22.7. The van der Waals surface area contributed by atoms with Crippen molar-refractivity contribution in [1.29, 1.82) is 0 Å². The Kier molecular flexibility index (Phi) is 5.85. The van der Waals surface area contributed by atoms with Crippen LogP contribution < -0.4 is 16.6 Å². The molecule has 0 bridgehead atoms. The normalized spacial score (nSPS) is 10.8. The van der Waals surface area contributed by atoms with Crippen molar-refractivity contribution in [2.75, 3.05) is 0 Å². The fourth-order valence-corrected chi connectivity index (χ4v) is 3.27. The minimum Gasteiger partial charge on any atom is -0.467 e. The van der Waals surface area contributed by atoms with Crippen molar-refractivity contribution < 1.29 is 9.21 Å². The summed E-state index contributed by atoms with van der Waals surface area (Å²) in [6.07, 6.45) is 1.49. The molecule has 0 aliphatic rings. The Bertz CT molecular complexity index is 1370. The minimum absolute atomic E-state index is 0.0250.